The molecule has 1 heterocycles. The molecule has 174 valence electrons. The Bertz CT molecular complexity index is 963. The lowest BCUT2D eigenvalue weighted by molar-refractivity contribution is -0.191. The number of fused-ring (bicyclic) bond motifs is 3. The van der Waals surface area contributed by atoms with E-state index in [1.54, 1.807) is 13.0 Å². The highest BCUT2D eigenvalue weighted by Crippen LogP contribution is 2.77. The number of allylic oxidation sites excluding steroid dienone is 2. The summed E-state index contributed by atoms with van der Waals surface area (Å²) in [7, 11) is 0. The van der Waals surface area contributed by atoms with Gasteiger partial charge in [-0.25, -0.2) is 0 Å². The average Bonchev–Trinajstić information content (AvgIpc) is 3.39. The van der Waals surface area contributed by atoms with Crippen LogP contribution in [0.4, 0.5) is 0 Å². The van der Waals surface area contributed by atoms with Crippen molar-refractivity contribution in [3.63, 3.8) is 0 Å². The van der Waals surface area contributed by atoms with Gasteiger partial charge < -0.3 is 9.47 Å². The number of Topliss-reactive ketones (excluding diaryl/α,β-unsaturated/α-hetero) is 1. The Morgan fingerprint density at radius 2 is 1.91 bits per heavy atom. The minimum Gasteiger partial charge on any atom is -0.450 e. The summed E-state index contributed by atoms with van der Waals surface area (Å²) in [5.41, 5.74) is -1.00. The van der Waals surface area contributed by atoms with E-state index >= 15 is 0 Å². The maximum atomic E-state index is 13.3. The van der Waals surface area contributed by atoms with Crippen LogP contribution in [0.1, 0.15) is 73.6 Å². The number of ketones is 2. The highest BCUT2D eigenvalue weighted by molar-refractivity contribution is 6.01. The van der Waals surface area contributed by atoms with Gasteiger partial charge in [-0.2, -0.15) is 0 Å². The quantitative estimate of drug-likeness (QED) is 0.472. The highest BCUT2D eigenvalue weighted by atomic mass is 16.6. The average molecular weight is 441 g/mol. The van der Waals surface area contributed by atoms with Gasteiger partial charge in [-0.15, -0.1) is 0 Å². The Morgan fingerprint density at radius 3 is 2.56 bits per heavy atom. The Balaban J connectivity index is 1.60. The number of hydrogen-bond donors (Lipinski definition) is 0. The number of esters is 1. The molecule has 4 fully saturated rings. The first-order chi connectivity index (χ1) is 15.0. The number of rotatable bonds is 4. The van der Waals surface area contributed by atoms with E-state index in [4.69, 9.17) is 9.47 Å². The summed E-state index contributed by atoms with van der Waals surface area (Å²) in [6.45, 7) is 12.2. The van der Waals surface area contributed by atoms with Crippen molar-refractivity contribution in [3.05, 3.63) is 23.8 Å². The zero-order valence-corrected chi connectivity index (χ0v) is 20.2. The smallest absolute Gasteiger partial charge is 0.306 e. The van der Waals surface area contributed by atoms with Gasteiger partial charge in [-0.1, -0.05) is 39.3 Å². The third-order valence-corrected chi connectivity index (χ3v) is 10.1. The van der Waals surface area contributed by atoms with Gasteiger partial charge in [0.2, 0.25) is 0 Å². The van der Waals surface area contributed by atoms with E-state index in [-0.39, 0.29) is 58.3 Å². The number of hydrogen-bond acceptors (Lipinski definition) is 5. The molecule has 0 N–H and O–H groups in total. The van der Waals surface area contributed by atoms with Gasteiger partial charge in [0, 0.05) is 23.2 Å². The molecular formula is C27H36O5. The molecule has 5 rings (SSSR count). The molecule has 32 heavy (non-hydrogen) atoms. The second kappa shape index (κ2) is 6.65. The summed E-state index contributed by atoms with van der Waals surface area (Å²) in [5.74, 6) is 0.469. The lowest BCUT2D eigenvalue weighted by Crippen LogP contribution is -2.63. The zero-order valence-electron chi connectivity index (χ0n) is 20.2. The van der Waals surface area contributed by atoms with Gasteiger partial charge in [0.25, 0.3) is 0 Å². The molecule has 1 aliphatic heterocycles. The Hall–Kier alpha value is -1.75. The minimum absolute atomic E-state index is 0.00130. The molecule has 0 aromatic heterocycles. The molecule has 0 radical (unpaired) electrons. The van der Waals surface area contributed by atoms with Crippen molar-refractivity contribution in [3.8, 4) is 0 Å². The second-order valence-electron chi connectivity index (χ2n) is 11.6. The monoisotopic (exact) mass is 440 g/mol. The summed E-state index contributed by atoms with van der Waals surface area (Å²) >= 11 is 0. The molecule has 1 saturated heterocycles. The molecule has 5 nitrogen and oxygen atoms in total. The van der Waals surface area contributed by atoms with Crippen molar-refractivity contribution in [2.75, 3.05) is 0 Å². The Morgan fingerprint density at radius 1 is 1.19 bits per heavy atom. The van der Waals surface area contributed by atoms with Crippen LogP contribution in [0, 0.1) is 34.5 Å². The summed E-state index contributed by atoms with van der Waals surface area (Å²) in [4.78, 5) is 38.2. The van der Waals surface area contributed by atoms with Crippen LogP contribution in [0.15, 0.2) is 23.8 Å². The Kier molecular flexibility index (Phi) is 4.58. The van der Waals surface area contributed by atoms with Crippen molar-refractivity contribution in [2.24, 2.45) is 34.5 Å². The number of ether oxygens (including phenoxy) is 2. The van der Waals surface area contributed by atoms with Crippen LogP contribution in [0.3, 0.4) is 0 Å². The van der Waals surface area contributed by atoms with E-state index in [1.807, 2.05) is 13.0 Å². The molecule has 0 aromatic carbocycles. The van der Waals surface area contributed by atoms with E-state index in [0.717, 1.165) is 12.8 Å². The van der Waals surface area contributed by atoms with Crippen molar-refractivity contribution >= 4 is 17.5 Å². The van der Waals surface area contributed by atoms with E-state index in [9.17, 15) is 14.4 Å². The molecule has 1 spiro atoms. The van der Waals surface area contributed by atoms with Gasteiger partial charge in [0.1, 0.15) is 5.60 Å². The van der Waals surface area contributed by atoms with Gasteiger partial charge in [0.05, 0.1) is 6.10 Å². The maximum absolute atomic E-state index is 13.3. The van der Waals surface area contributed by atoms with Crippen LogP contribution in [0.25, 0.3) is 0 Å². The zero-order chi connectivity index (χ0) is 23.3. The summed E-state index contributed by atoms with van der Waals surface area (Å²) in [6.07, 6.45) is 9.12. The number of carbonyl (C=O) groups is 3. The molecule has 4 aliphatic carbocycles. The predicted octanol–water partition coefficient (Wildman–Crippen LogP) is 4.59. The molecule has 3 saturated carbocycles. The summed E-state index contributed by atoms with van der Waals surface area (Å²) in [5, 5.41) is 0. The fraction of sp³-hybridized carbons (Fsp3) is 0.741. The van der Waals surface area contributed by atoms with E-state index in [0.29, 0.717) is 19.3 Å². The first-order valence-electron chi connectivity index (χ1n) is 12.3. The van der Waals surface area contributed by atoms with Crippen molar-refractivity contribution in [1.29, 1.82) is 0 Å². The van der Waals surface area contributed by atoms with E-state index in [1.165, 1.54) is 5.57 Å². The van der Waals surface area contributed by atoms with Crippen LogP contribution in [-0.2, 0) is 23.9 Å². The van der Waals surface area contributed by atoms with Crippen LogP contribution in [0.5, 0.6) is 0 Å². The molecule has 0 bridgehead atoms. The van der Waals surface area contributed by atoms with Crippen LogP contribution in [-0.4, -0.2) is 34.8 Å². The standard InChI is InChI=1S/C27H36O5/c1-7-8-23(30)32-26(17(4)28)16(3)12-20-21-11-15(2)19-13-18(29)9-10-24(19,5)27(21)22(31-27)14-25(20,26)6/h9-10,13,15-16,20-22H,7-8,11-12,14H2,1-6H3/t15-,16-,20-,21-,22-,24-,25-,26-,27-/m0/s1. The summed E-state index contributed by atoms with van der Waals surface area (Å²) in [6, 6.07) is 0. The molecule has 0 unspecified atom stereocenters. The fourth-order valence-corrected chi connectivity index (χ4v) is 8.83. The van der Waals surface area contributed by atoms with Gasteiger partial charge in [0.15, 0.2) is 17.2 Å². The highest BCUT2D eigenvalue weighted by Gasteiger charge is 2.83. The van der Waals surface area contributed by atoms with Crippen molar-refractivity contribution < 1.29 is 23.9 Å². The first-order valence-corrected chi connectivity index (χ1v) is 12.3. The van der Waals surface area contributed by atoms with Crippen molar-refractivity contribution in [2.45, 2.75) is 91.0 Å². The SMILES string of the molecule is CCCC(=O)O[C@]1(C(C)=O)[C@@H](C)C[C@H]2[C@@H]3C[C@H](C)C4=CC(=O)C=C[C@]4(C)[C@]34O[C@H]4C[C@@]21C. The third-order valence-electron chi connectivity index (χ3n) is 10.1. The second-order valence-corrected chi connectivity index (χ2v) is 11.6. The largest absolute Gasteiger partial charge is 0.450 e. The molecule has 5 aliphatic rings. The van der Waals surface area contributed by atoms with Gasteiger partial charge in [-0.3, -0.25) is 14.4 Å². The third kappa shape index (κ3) is 2.36. The molecule has 5 heteroatoms. The van der Waals surface area contributed by atoms with Gasteiger partial charge >= 0.3 is 5.97 Å². The maximum Gasteiger partial charge on any atom is 0.306 e. The molecule has 0 aromatic rings. The Labute approximate surface area is 191 Å². The minimum atomic E-state index is -1.10. The number of epoxide rings is 1. The fourth-order valence-electron chi connectivity index (χ4n) is 8.83. The summed E-state index contributed by atoms with van der Waals surface area (Å²) < 4.78 is 12.8. The normalized spacial score (nSPS) is 50.5. The lowest BCUT2D eigenvalue weighted by atomic mass is 9.45. The van der Waals surface area contributed by atoms with E-state index in [2.05, 4.69) is 33.8 Å². The number of carbonyl (C=O) groups excluding carboxylic acids is 3. The van der Waals surface area contributed by atoms with Crippen LogP contribution in [0.2, 0.25) is 0 Å². The lowest BCUT2D eigenvalue weighted by Gasteiger charge is -2.57. The van der Waals surface area contributed by atoms with E-state index < -0.39 is 11.0 Å². The molecule has 9 atom stereocenters. The predicted molar refractivity (Wildman–Crippen MR) is 120 cm³/mol. The topological polar surface area (TPSA) is 73.0 Å². The molecule has 0 amide bonds. The van der Waals surface area contributed by atoms with Crippen molar-refractivity contribution in [1.82, 2.24) is 0 Å². The van der Waals surface area contributed by atoms with Crippen LogP contribution >= 0.6 is 0 Å². The first kappa shape index (κ1) is 22.1. The van der Waals surface area contributed by atoms with Gasteiger partial charge in [-0.05, 0) is 69.4 Å². The molecular weight excluding hydrogens is 404 g/mol. The van der Waals surface area contributed by atoms with Crippen LogP contribution < -0.4 is 0 Å².